The highest BCUT2D eigenvalue weighted by Crippen LogP contribution is 2.21. The third-order valence-corrected chi connectivity index (χ3v) is 3.13. The molecule has 76 valence electrons. The smallest absolute Gasteiger partial charge is 0.0239 e. The summed E-state index contributed by atoms with van der Waals surface area (Å²) in [6.07, 6.45) is 1.22. The van der Waals surface area contributed by atoms with Gasteiger partial charge in [0.05, 0.1) is 0 Å². The first kappa shape index (κ1) is 9.72. The average molecular weight is 189 g/mol. The maximum Gasteiger partial charge on any atom is 0.0239 e. The van der Waals surface area contributed by atoms with E-state index in [1.165, 1.54) is 24.1 Å². The number of nitrogens with zero attached hydrogens (tertiary/aromatic N) is 1. The molecule has 0 aromatic heterocycles. The van der Waals surface area contributed by atoms with Gasteiger partial charge in [-0.15, -0.1) is 0 Å². The average Bonchev–Trinajstić information content (AvgIpc) is 2.16. The van der Waals surface area contributed by atoms with E-state index >= 15 is 0 Å². The van der Waals surface area contributed by atoms with Crippen LogP contribution in [-0.4, -0.2) is 17.5 Å². The Morgan fingerprint density at radius 3 is 2.71 bits per heavy atom. The Bertz CT molecular complexity index is 328. The molecular formula is C13H19N. The van der Waals surface area contributed by atoms with E-state index in [1.54, 1.807) is 5.56 Å². The molecule has 0 atom stereocenters. The van der Waals surface area contributed by atoms with Crippen molar-refractivity contribution in [2.45, 2.75) is 39.8 Å². The van der Waals surface area contributed by atoms with Crippen LogP contribution in [-0.2, 0) is 13.0 Å². The fourth-order valence-corrected chi connectivity index (χ4v) is 2.14. The highest BCUT2D eigenvalue weighted by atomic mass is 15.1. The Kier molecular flexibility index (Phi) is 2.60. The molecule has 0 fully saturated rings. The molecule has 0 saturated carbocycles. The second-order valence-corrected chi connectivity index (χ2v) is 4.59. The van der Waals surface area contributed by atoms with Crippen LogP contribution in [0, 0.1) is 6.92 Å². The summed E-state index contributed by atoms with van der Waals surface area (Å²) in [7, 11) is 0. The van der Waals surface area contributed by atoms with Gasteiger partial charge in [-0.25, -0.2) is 0 Å². The van der Waals surface area contributed by atoms with E-state index in [0.29, 0.717) is 6.04 Å². The minimum Gasteiger partial charge on any atom is -0.296 e. The molecule has 1 heteroatoms. The third kappa shape index (κ3) is 1.83. The van der Waals surface area contributed by atoms with Crippen LogP contribution in [0.15, 0.2) is 18.2 Å². The van der Waals surface area contributed by atoms with Crippen molar-refractivity contribution in [2.24, 2.45) is 0 Å². The first-order valence-corrected chi connectivity index (χ1v) is 5.49. The number of benzene rings is 1. The molecule has 1 aromatic rings. The van der Waals surface area contributed by atoms with E-state index in [9.17, 15) is 0 Å². The molecule has 1 heterocycles. The maximum absolute atomic E-state index is 2.54. The molecule has 1 aromatic carbocycles. The molecule has 14 heavy (non-hydrogen) atoms. The summed E-state index contributed by atoms with van der Waals surface area (Å²) in [5.41, 5.74) is 4.47. The Morgan fingerprint density at radius 1 is 1.21 bits per heavy atom. The Morgan fingerprint density at radius 2 is 2.00 bits per heavy atom. The van der Waals surface area contributed by atoms with Crippen molar-refractivity contribution < 1.29 is 0 Å². The summed E-state index contributed by atoms with van der Waals surface area (Å²) >= 11 is 0. The summed E-state index contributed by atoms with van der Waals surface area (Å²) in [5.74, 6) is 0. The Hall–Kier alpha value is -0.820. The molecule has 1 aliphatic heterocycles. The van der Waals surface area contributed by atoms with E-state index < -0.39 is 0 Å². The summed E-state index contributed by atoms with van der Waals surface area (Å²) < 4.78 is 0. The van der Waals surface area contributed by atoms with Crippen molar-refractivity contribution >= 4 is 0 Å². The molecule has 0 spiro atoms. The van der Waals surface area contributed by atoms with Crippen molar-refractivity contribution in [3.63, 3.8) is 0 Å². The molecule has 0 amide bonds. The molecule has 0 saturated heterocycles. The van der Waals surface area contributed by atoms with Gasteiger partial charge in [0, 0.05) is 19.1 Å². The minimum atomic E-state index is 0.671. The predicted octanol–water partition coefficient (Wildman–Crippen LogP) is 2.76. The fourth-order valence-electron chi connectivity index (χ4n) is 2.14. The molecule has 0 aliphatic carbocycles. The monoisotopic (exact) mass is 189 g/mol. The topological polar surface area (TPSA) is 3.24 Å². The van der Waals surface area contributed by atoms with Gasteiger partial charge in [0.15, 0.2) is 0 Å². The first-order chi connectivity index (χ1) is 6.66. The predicted molar refractivity (Wildman–Crippen MR) is 60.4 cm³/mol. The number of fused-ring (bicyclic) bond motifs is 1. The molecule has 0 unspecified atom stereocenters. The van der Waals surface area contributed by atoms with Gasteiger partial charge in [0.25, 0.3) is 0 Å². The maximum atomic E-state index is 2.54. The van der Waals surface area contributed by atoms with Crippen molar-refractivity contribution in [1.82, 2.24) is 4.90 Å². The van der Waals surface area contributed by atoms with Crippen LogP contribution in [0.5, 0.6) is 0 Å². The van der Waals surface area contributed by atoms with Gasteiger partial charge in [-0.3, -0.25) is 4.90 Å². The van der Waals surface area contributed by atoms with E-state index in [-0.39, 0.29) is 0 Å². The fraction of sp³-hybridized carbons (Fsp3) is 0.538. The number of hydrogen-bond acceptors (Lipinski definition) is 1. The van der Waals surface area contributed by atoms with E-state index in [1.807, 2.05) is 0 Å². The third-order valence-electron chi connectivity index (χ3n) is 3.13. The van der Waals surface area contributed by atoms with Crippen molar-refractivity contribution in [3.05, 3.63) is 34.9 Å². The lowest BCUT2D eigenvalue weighted by Crippen LogP contribution is -2.35. The van der Waals surface area contributed by atoms with Gasteiger partial charge in [0.2, 0.25) is 0 Å². The molecule has 1 nitrogen and oxygen atoms in total. The molecule has 0 bridgehead atoms. The molecule has 0 radical (unpaired) electrons. The lowest BCUT2D eigenvalue weighted by atomic mass is 9.97. The van der Waals surface area contributed by atoms with Gasteiger partial charge in [-0.2, -0.15) is 0 Å². The summed E-state index contributed by atoms with van der Waals surface area (Å²) in [6.45, 7) is 9.08. The highest BCUT2D eigenvalue weighted by Gasteiger charge is 2.17. The summed E-state index contributed by atoms with van der Waals surface area (Å²) in [5, 5.41) is 0. The molecule has 1 aliphatic rings. The van der Waals surface area contributed by atoms with Crippen LogP contribution in [0.25, 0.3) is 0 Å². The Labute approximate surface area is 86.7 Å². The van der Waals surface area contributed by atoms with Gasteiger partial charge < -0.3 is 0 Å². The lowest BCUT2D eigenvalue weighted by molar-refractivity contribution is 0.203. The van der Waals surface area contributed by atoms with Crippen LogP contribution >= 0.6 is 0 Å². The van der Waals surface area contributed by atoms with Crippen LogP contribution in [0.2, 0.25) is 0 Å². The van der Waals surface area contributed by atoms with E-state index in [4.69, 9.17) is 0 Å². The second-order valence-electron chi connectivity index (χ2n) is 4.59. The van der Waals surface area contributed by atoms with Crippen LogP contribution in [0.1, 0.15) is 30.5 Å². The zero-order valence-electron chi connectivity index (χ0n) is 9.38. The molecule has 0 N–H and O–H groups in total. The van der Waals surface area contributed by atoms with Gasteiger partial charge in [-0.05, 0) is 38.3 Å². The van der Waals surface area contributed by atoms with Crippen LogP contribution < -0.4 is 0 Å². The normalized spacial score (nSPS) is 17.1. The number of rotatable bonds is 1. The van der Waals surface area contributed by atoms with Gasteiger partial charge in [-0.1, -0.05) is 23.8 Å². The standard InChI is InChI=1S/C13H19N/c1-10(2)14-7-6-12-8-11(3)4-5-13(12)9-14/h4-5,8,10H,6-7,9H2,1-3H3. The SMILES string of the molecule is Cc1ccc2c(c1)CCN(C(C)C)C2. The summed E-state index contributed by atoms with van der Waals surface area (Å²) in [4.78, 5) is 2.54. The first-order valence-electron chi connectivity index (χ1n) is 5.49. The quantitative estimate of drug-likeness (QED) is 0.656. The van der Waals surface area contributed by atoms with Crippen molar-refractivity contribution in [1.29, 1.82) is 0 Å². The lowest BCUT2D eigenvalue weighted by Gasteiger charge is -2.32. The van der Waals surface area contributed by atoms with Gasteiger partial charge in [0.1, 0.15) is 0 Å². The zero-order chi connectivity index (χ0) is 10.1. The number of aryl methyl sites for hydroxylation is 1. The summed E-state index contributed by atoms with van der Waals surface area (Å²) in [6, 6.07) is 7.53. The second kappa shape index (κ2) is 3.74. The Balaban J connectivity index is 2.23. The van der Waals surface area contributed by atoms with Crippen molar-refractivity contribution in [2.75, 3.05) is 6.54 Å². The molecular weight excluding hydrogens is 170 g/mol. The van der Waals surface area contributed by atoms with Crippen LogP contribution in [0.3, 0.4) is 0 Å². The largest absolute Gasteiger partial charge is 0.296 e. The minimum absolute atomic E-state index is 0.671. The van der Waals surface area contributed by atoms with Crippen molar-refractivity contribution in [3.8, 4) is 0 Å². The van der Waals surface area contributed by atoms with E-state index in [2.05, 4.69) is 43.9 Å². The van der Waals surface area contributed by atoms with E-state index in [0.717, 1.165) is 6.54 Å². The zero-order valence-corrected chi connectivity index (χ0v) is 9.38. The molecule has 2 rings (SSSR count). The number of hydrogen-bond donors (Lipinski definition) is 0. The van der Waals surface area contributed by atoms with Gasteiger partial charge >= 0.3 is 0 Å². The van der Waals surface area contributed by atoms with Crippen LogP contribution in [0.4, 0.5) is 0 Å². The highest BCUT2D eigenvalue weighted by molar-refractivity contribution is 5.33.